The Morgan fingerprint density at radius 2 is 1.50 bits per heavy atom. The quantitative estimate of drug-likeness (QED) is 0.488. The molecule has 0 N–H and O–H groups in total. The van der Waals surface area contributed by atoms with Gasteiger partial charge in [0, 0.05) is 24.8 Å². The second-order valence-corrected chi connectivity index (χ2v) is 6.75. The molecule has 0 radical (unpaired) electrons. The summed E-state index contributed by atoms with van der Waals surface area (Å²) in [5.41, 5.74) is 1.40. The average Bonchev–Trinajstić information content (AvgIpc) is 3.05. The molecule has 0 spiro atoms. The van der Waals surface area contributed by atoms with Crippen LogP contribution in [0.3, 0.4) is 0 Å². The molecule has 5 nitrogen and oxygen atoms in total. The Labute approximate surface area is 162 Å². The molecule has 3 aromatic rings. The molecule has 0 aliphatic carbocycles. The number of nitrogens with zero attached hydrogens (tertiary/aromatic N) is 1. The highest BCUT2D eigenvalue weighted by Gasteiger charge is 2.35. The van der Waals surface area contributed by atoms with Crippen LogP contribution in [0, 0.1) is 0 Å². The Morgan fingerprint density at radius 1 is 0.857 bits per heavy atom. The SMILES string of the molecule is O=C(c1ccccc1)C(Cc1cccc2ccccc12)ON1C(=O)CCC1=O. The molecule has 3 aromatic carbocycles. The predicted molar refractivity (Wildman–Crippen MR) is 104 cm³/mol. The molecule has 1 aliphatic heterocycles. The second kappa shape index (κ2) is 7.74. The van der Waals surface area contributed by atoms with Crippen LogP contribution in [0.25, 0.3) is 10.8 Å². The Morgan fingerprint density at radius 3 is 2.25 bits per heavy atom. The standard InChI is InChI=1S/C23H19NO4/c25-21-13-14-22(26)24(21)28-20(23(27)17-8-2-1-3-9-17)15-18-11-6-10-16-7-4-5-12-19(16)18/h1-12,20H,13-15H2. The van der Waals surface area contributed by atoms with E-state index in [1.54, 1.807) is 24.3 Å². The lowest BCUT2D eigenvalue weighted by atomic mass is 9.96. The Hall–Kier alpha value is -3.31. The molecular formula is C23H19NO4. The third-order valence-electron chi connectivity index (χ3n) is 4.87. The molecule has 1 saturated heterocycles. The molecule has 0 aromatic heterocycles. The number of imide groups is 1. The van der Waals surface area contributed by atoms with Crippen LogP contribution in [-0.2, 0) is 20.8 Å². The van der Waals surface area contributed by atoms with Gasteiger partial charge in [-0.3, -0.25) is 19.2 Å². The summed E-state index contributed by atoms with van der Waals surface area (Å²) in [5, 5.41) is 2.83. The van der Waals surface area contributed by atoms with E-state index < -0.39 is 17.9 Å². The molecule has 0 saturated carbocycles. The van der Waals surface area contributed by atoms with E-state index in [2.05, 4.69) is 0 Å². The molecule has 2 amide bonds. The Kier molecular flexibility index (Phi) is 5.00. The number of hydroxylamine groups is 2. The highest BCUT2D eigenvalue weighted by molar-refractivity contribution is 6.02. The van der Waals surface area contributed by atoms with Crippen molar-refractivity contribution in [3.63, 3.8) is 0 Å². The summed E-state index contributed by atoms with van der Waals surface area (Å²) in [5.74, 6) is -1.08. The van der Waals surface area contributed by atoms with Gasteiger partial charge in [0.05, 0.1) is 0 Å². The summed E-state index contributed by atoms with van der Waals surface area (Å²) in [6.07, 6.45) is -0.496. The summed E-state index contributed by atoms with van der Waals surface area (Å²) in [6, 6.07) is 22.5. The highest BCUT2D eigenvalue weighted by Crippen LogP contribution is 2.23. The summed E-state index contributed by atoms with van der Waals surface area (Å²) in [7, 11) is 0. The predicted octanol–water partition coefficient (Wildman–Crippen LogP) is 3.71. The van der Waals surface area contributed by atoms with E-state index in [1.807, 2.05) is 48.5 Å². The highest BCUT2D eigenvalue weighted by atomic mass is 16.7. The van der Waals surface area contributed by atoms with Gasteiger partial charge in [-0.25, -0.2) is 0 Å². The van der Waals surface area contributed by atoms with Gasteiger partial charge in [0.2, 0.25) is 0 Å². The van der Waals surface area contributed by atoms with Crippen molar-refractivity contribution in [2.75, 3.05) is 0 Å². The van der Waals surface area contributed by atoms with Gasteiger partial charge in [-0.15, -0.1) is 0 Å². The molecule has 140 valence electrons. The number of fused-ring (bicyclic) bond motifs is 1. The summed E-state index contributed by atoms with van der Waals surface area (Å²) >= 11 is 0. The van der Waals surface area contributed by atoms with Crippen molar-refractivity contribution in [1.29, 1.82) is 0 Å². The smallest absolute Gasteiger partial charge is 0.254 e. The second-order valence-electron chi connectivity index (χ2n) is 6.75. The first-order valence-electron chi connectivity index (χ1n) is 9.22. The minimum atomic E-state index is -0.973. The molecule has 0 bridgehead atoms. The maximum absolute atomic E-state index is 13.1. The number of carbonyl (C=O) groups excluding carboxylic acids is 3. The fourth-order valence-electron chi connectivity index (χ4n) is 3.44. The Bertz CT molecular complexity index is 1020. The maximum atomic E-state index is 13.1. The van der Waals surface area contributed by atoms with Crippen LogP contribution < -0.4 is 0 Å². The molecule has 1 aliphatic rings. The van der Waals surface area contributed by atoms with Crippen molar-refractivity contribution in [2.45, 2.75) is 25.4 Å². The van der Waals surface area contributed by atoms with Gasteiger partial charge in [0.1, 0.15) is 0 Å². The van der Waals surface area contributed by atoms with E-state index in [0.717, 1.165) is 21.4 Å². The van der Waals surface area contributed by atoms with E-state index >= 15 is 0 Å². The fourth-order valence-corrected chi connectivity index (χ4v) is 3.44. The number of hydrogen-bond donors (Lipinski definition) is 0. The first-order valence-corrected chi connectivity index (χ1v) is 9.22. The van der Waals surface area contributed by atoms with Crippen LogP contribution in [0.5, 0.6) is 0 Å². The number of hydrogen-bond acceptors (Lipinski definition) is 4. The van der Waals surface area contributed by atoms with Crippen molar-refractivity contribution < 1.29 is 19.2 Å². The van der Waals surface area contributed by atoms with Crippen molar-refractivity contribution in [1.82, 2.24) is 5.06 Å². The topological polar surface area (TPSA) is 63.7 Å². The van der Waals surface area contributed by atoms with Crippen LogP contribution in [0.2, 0.25) is 0 Å². The summed E-state index contributed by atoms with van der Waals surface area (Å²) < 4.78 is 0. The molecular weight excluding hydrogens is 354 g/mol. The lowest BCUT2D eigenvalue weighted by Crippen LogP contribution is -2.39. The molecule has 1 heterocycles. The molecule has 4 rings (SSSR count). The minimum absolute atomic E-state index is 0.110. The largest absolute Gasteiger partial charge is 0.291 e. The van der Waals surface area contributed by atoms with Crippen LogP contribution >= 0.6 is 0 Å². The fraction of sp³-hybridized carbons (Fsp3) is 0.174. The molecule has 5 heteroatoms. The summed E-state index contributed by atoms with van der Waals surface area (Å²) in [4.78, 5) is 42.8. The van der Waals surface area contributed by atoms with Crippen molar-refractivity contribution in [3.05, 3.63) is 83.9 Å². The third-order valence-corrected chi connectivity index (χ3v) is 4.87. The lowest BCUT2D eigenvalue weighted by Gasteiger charge is -2.22. The zero-order chi connectivity index (χ0) is 19.5. The number of rotatable bonds is 6. The van der Waals surface area contributed by atoms with E-state index in [4.69, 9.17) is 4.84 Å². The number of amides is 2. The number of ketones is 1. The normalized spacial score (nSPS) is 15.2. The first-order chi connectivity index (χ1) is 13.6. The van der Waals surface area contributed by atoms with Crippen molar-refractivity contribution in [2.24, 2.45) is 0 Å². The summed E-state index contributed by atoms with van der Waals surface area (Å²) in [6.45, 7) is 0. The monoisotopic (exact) mass is 373 g/mol. The third kappa shape index (κ3) is 3.57. The van der Waals surface area contributed by atoms with E-state index in [-0.39, 0.29) is 25.0 Å². The van der Waals surface area contributed by atoms with Crippen molar-refractivity contribution >= 4 is 28.4 Å². The number of benzene rings is 3. The van der Waals surface area contributed by atoms with Gasteiger partial charge in [-0.05, 0) is 16.3 Å². The zero-order valence-electron chi connectivity index (χ0n) is 15.2. The van der Waals surface area contributed by atoms with E-state index in [9.17, 15) is 14.4 Å². The van der Waals surface area contributed by atoms with Crippen LogP contribution in [0.4, 0.5) is 0 Å². The zero-order valence-corrected chi connectivity index (χ0v) is 15.2. The molecule has 1 unspecified atom stereocenters. The van der Waals surface area contributed by atoms with E-state index in [0.29, 0.717) is 5.56 Å². The minimum Gasteiger partial charge on any atom is -0.291 e. The number of Topliss-reactive ketones (excluding diaryl/α,β-unsaturated/α-hetero) is 1. The van der Waals surface area contributed by atoms with Gasteiger partial charge < -0.3 is 0 Å². The van der Waals surface area contributed by atoms with Crippen LogP contribution in [-0.4, -0.2) is 28.8 Å². The molecule has 1 atom stereocenters. The van der Waals surface area contributed by atoms with Gasteiger partial charge >= 0.3 is 0 Å². The van der Waals surface area contributed by atoms with Gasteiger partial charge in [0.15, 0.2) is 11.9 Å². The average molecular weight is 373 g/mol. The van der Waals surface area contributed by atoms with Gasteiger partial charge in [0.25, 0.3) is 11.8 Å². The maximum Gasteiger partial charge on any atom is 0.254 e. The van der Waals surface area contributed by atoms with Gasteiger partial charge in [-0.1, -0.05) is 72.8 Å². The van der Waals surface area contributed by atoms with E-state index in [1.165, 1.54) is 0 Å². The Balaban J connectivity index is 1.69. The number of carbonyl (C=O) groups is 3. The van der Waals surface area contributed by atoms with Crippen molar-refractivity contribution in [3.8, 4) is 0 Å². The van der Waals surface area contributed by atoms with Crippen LogP contribution in [0.15, 0.2) is 72.8 Å². The molecule has 1 fully saturated rings. The van der Waals surface area contributed by atoms with Crippen LogP contribution in [0.1, 0.15) is 28.8 Å². The molecule has 28 heavy (non-hydrogen) atoms. The van der Waals surface area contributed by atoms with Gasteiger partial charge in [-0.2, -0.15) is 5.06 Å². The lowest BCUT2D eigenvalue weighted by molar-refractivity contribution is -0.195. The first kappa shape index (κ1) is 18.1.